The van der Waals surface area contributed by atoms with E-state index in [1.165, 1.54) is 43.7 Å². The second-order valence-electron chi connectivity index (χ2n) is 6.32. The summed E-state index contributed by atoms with van der Waals surface area (Å²) >= 11 is 12.0. The number of imide groups is 1. The Morgan fingerprint density at radius 2 is 1.84 bits per heavy atom. The normalized spacial score (nSPS) is 10.3. The fourth-order valence-corrected chi connectivity index (χ4v) is 3.02. The molecule has 2 amide bonds. The molecule has 0 saturated carbocycles. The third-order valence-electron chi connectivity index (χ3n) is 4.13. The molecule has 0 fully saturated rings. The predicted molar refractivity (Wildman–Crippen MR) is 115 cm³/mol. The van der Waals surface area contributed by atoms with Gasteiger partial charge in [0.1, 0.15) is 6.61 Å². The number of furan rings is 1. The van der Waals surface area contributed by atoms with Gasteiger partial charge in [-0.05, 0) is 42.5 Å². The third kappa shape index (κ3) is 6.03. The smallest absolute Gasteiger partial charge is 0.338 e. The summed E-state index contributed by atoms with van der Waals surface area (Å²) in [6.45, 7) is -0.499. The number of methoxy groups -OCH3 is 1. The molecule has 10 heteroatoms. The molecule has 0 aliphatic heterocycles. The van der Waals surface area contributed by atoms with Gasteiger partial charge in [0.15, 0.2) is 23.9 Å². The summed E-state index contributed by atoms with van der Waals surface area (Å²) in [7, 11) is 1.42. The van der Waals surface area contributed by atoms with E-state index in [0.717, 1.165) is 5.56 Å². The minimum absolute atomic E-state index is 0.0371. The van der Waals surface area contributed by atoms with E-state index in [1.807, 2.05) is 5.32 Å². The van der Waals surface area contributed by atoms with Gasteiger partial charge in [0.25, 0.3) is 11.8 Å². The van der Waals surface area contributed by atoms with Gasteiger partial charge in [-0.1, -0.05) is 29.3 Å². The fraction of sp³-hybridized carbons (Fsp3) is 0.136. The van der Waals surface area contributed by atoms with Gasteiger partial charge in [-0.15, -0.1) is 0 Å². The van der Waals surface area contributed by atoms with Crippen LogP contribution in [0.15, 0.2) is 59.2 Å². The Kier molecular flexibility index (Phi) is 7.75. The number of hydrogen-bond acceptors (Lipinski definition) is 7. The van der Waals surface area contributed by atoms with Crippen molar-refractivity contribution in [3.8, 4) is 11.5 Å². The molecule has 2 aromatic carbocycles. The average molecular weight is 478 g/mol. The Bertz CT molecular complexity index is 1130. The van der Waals surface area contributed by atoms with Crippen LogP contribution in [-0.4, -0.2) is 31.5 Å². The molecule has 0 aliphatic rings. The van der Waals surface area contributed by atoms with E-state index in [1.54, 1.807) is 18.2 Å². The first kappa shape index (κ1) is 23.2. The second-order valence-corrected chi connectivity index (χ2v) is 7.16. The van der Waals surface area contributed by atoms with E-state index in [9.17, 15) is 14.4 Å². The summed E-state index contributed by atoms with van der Waals surface area (Å²) in [5.41, 5.74) is 0.848. The van der Waals surface area contributed by atoms with Crippen LogP contribution < -0.4 is 14.8 Å². The summed E-state index contributed by atoms with van der Waals surface area (Å²) in [5, 5.41) is 3.02. The maximum Gasteiger partial charge on any atom is 0.338 e. The van der Waals surface area contributed by atoms with Crippen molar-refractivity contribution in [1.82, 2.24) is 5.32 Å². The number of carbonyl (C=O) groups excluding carboxylic acids is 3. The first-order chi connectivity index (χ1) is 15.4. The molecule has 0 saturated heterocycles. The molecule has 0 unspecified atom stereocenters. The predicted octanol–water partition coefficient (Wildman–Crippen LogP) is 4.29. The van der Waals surface area contributed by atoms with Crippen molar-refractivity contribution < 1.29 is 33.0 Å². The molecule has 1 heterocycles. The highest BCUT2D eigenvalue weighted by molar-refractivity contribution is 6.35. The summed E-state index contributed by atoms with van der Waals surface area (Å²) in [5.74, 6) is -1.70. The molecule has 0 aliphatic carbocycles. The van der Waals surface area contributed by atoms with Crippen LogP contribution in [0.2, 0.25) is 10.0 Å². The standard InChI is InChI=1S/C22H17Cl2NO7/c1-29-19-9-13(5-7-17(19)31-11-14-4-6-15(23)10-16(14)24)22(28)32-12-20(26)25-21(27)18-3-2-8-30-18/h2-10H,11-12H2,1H3,(H,25,26,27). The quantitative estimate of drug-likeness (QED) is 0.482. The summed E-state index contributed by atoms with van der Waals surface area (Å²) in [4.78, 5) is 35.8. The molecule has 1 aromatic heterocycles. The van der Waals surface area contributed by atoms with Gasteiger partial charge in [-0.3, -0.25) is 14.9 Å². The first-order valence-corrected chi connectivity index (χ1v) is 9.92. The minimum Gasteiger partial charge on any atom is -0.493 e. The van der Waals surface area contributed by atoms with E-state index in [-0.39, 0.29) is 23.7 Å². The molecule has 8 nitrogen and oxygen atoms in total. The number of ether oxygens (including phenoxy) is 3. The van der Waals surface area contributed by atoms with E-state index < -0.39 is 24.4 Å². The van der Waals surface area contributed by atoms with Crippen molar-refractivity contribution in [2.75, 3.05) is 13.7 Å². The highest BCUT2D eigenvalue weighted by Crippen LogP contribution is 2.30. The van der Waals surface area contributed by atoms with Gasteiger partial charge in [-0.25, -0.2) is 4.79 Å². The average Bonchev–Trinajstić information content (AvgIpc) is 3.32. The number of nitrogens with one attached hydrogen (secondary N) is 1. The van der Waals surface area contributed by atoms with Crippen molar-refractivity contribution >= 4 is 41.0 Å². The lowest BCUT2D eigenvalue weighted by Gasteiger charge is -2.13. The van der Waals surface area contributed by atoms with E-state index in [2.05, 4.69) is 0 Å². The van der Waals surface area contributed by atoms with Crippen molar-refractivity contribution in [2.24, 2.45) is 0 Å². The lowest BCUT2D eigenvalue weighted by atomic mass is 10.2. The van der Waals surface area contributed by atoms with Crippen LogP contribution in [0, 0.1) is 0 Å². The minimum atomic E-state index is -0.800. The number of benzene rings is 2. The van der Waals surface area contributed by atoms with E-state index >= 15 is 0 Å². The topological polar surface area (TPSA) is 104 Å². The largest absolute Gasteiger partial charge is 0.493 e. The van der Waals surface area contributed by atoms with Crippen molar-refractivity contribution in [3.63, 3.8) is 0 Å². The number of carbonyl (C=O) groups is 3. The SMILES string of the molecule is COc1cc(C(=O)OCC(=O)NC(=O)c2ccco2)ccc1OCc1ccc(Cl)cc1Cl. The zero-order chi connectivity index (χ0) is 23.1. The Labute approximate surface area is 193 Å². The molecule has 1 N–H and O–H groups in total. The summed E-state index contributed by atoms with van der Waals surface area (Å²) in [6.07, 6.45) is 1.30. The number of esters is 1. The Balaban J connectivity index is 1.57. The fourth-order valence-electron chi connectivity index (χ4n) is 2.55. The van der Waals surface area contributed by atoms with Crippen LogP contribution in [-0.2, 0) is 16.1 Å². The zero-order valence-electron chi connectivity index (χ0n) is 16.7. The van der Waals surface area contributed by atoms with Crippen LogP contribution >= 0.6 is 23.2 Å². The third-order valence-corrected chi connectivity index (χ3v) is 4.72. The van der Waals surface area contributed by atoms with E-state index in [0.29, 0.717) is 15.8 Å². The van der Waals surface area contributed by atoms with Gasteiger partial charge in [0.2, 0.25) is 0 Å². The lowest BCUT2D eigenvalue weighted by Crippen LogP contribution is -2.33. The van der Waals surface area contributed by atoms with Crippen LogP contribution in [0.3, 0.4) is 0 Å². The molecule has 0 bridgehead atoms. The monoisotopic (exact) mass is 477 g/mol. The maximum absolute atomic E-state index is 12.3. The molecule has 3 rings (SSSR count). The molecule has 3 aromatic rings. The molecular formula is C22H17Cl2NO7. The van der Waals surface area contributed by atoms with Crippen molar-refractivity contribution in [2.45, 2.75) is 6.61 Å². The maximum atomic E-state index is 12.3. The highest BCUT2D eigenvalue weighted by atomic mass is 35.5. The zero-order valence-corrected chi connectivity index (χ0v) is 18.2. The van der Waals surface area contributed by atoms with Crippen LogP contribution in [0.25, 0.3) is 0 Å². The molecular weight excluding hydrogens is 461 g/mol. The Morgan fingerprint density at radius 1 is 1.03 bits per heavy atom. The lowest BCUT2D eigenvalue weighted by molar-refractivity contribution is -0.123. The Hall–Kier alpha value is -3.49. The molecule has 0 atom stereocenters. The van der Waals surface area contributed by atoms with Crippen molar-refractivity contribution in [1.29, 1.82) is 0 Å². The number of halogens is 2. The summed E-state index contributed by atoms with van der Waals surface area (Å²) < 4.78 is 20.8. The van der Waals surface area contributed by atoms with Crippen LogP contribution in [0.5, 0.6) is 11.5 Å². The number of rotatable bonds is 8. The molecule has 0 spiro atoms. The Morgan fingerprint density at radius 3 is 2.53 bits per heavy atom. The van der Waals surface area contributed by atoms with Crippen molar-refractivity contribution in [3.05, 3.63) is 81.7 Å². The molecule has 0 radical (unpaired) electrons. The van der Waals surface area contributed by atoms with E-state index in [4.69, 9.17) is 41.8 Å². The summed E-state index contributed by atoms with van der Waals surface area (Å²) in [6, 6.07) is 12.3. The number of hydrogen-bond donors (Lipinski definition) is 1. The van der Waals surface area contributed by atoms with Crippen LogP contribution in [0.1, 0.15) is 26.5 Å². The highest BCUT2D eigenvalue weighted by Gasteiger charge is 2.17. The second kappa shape index (κ2) is 10.7. The molecule has 32 heavy (non-hydrogen) atoms. The number of amides is 2. The molecule has 166 valence electrons. The van der Waals surface area contributed by atoms with Gasteiger partial charge in [0, 0.05) is 15.6 Å². The van der Waals surface area contributed by atoms with Gasteiger partial charge < -0.3 is 18.6 Å². The van der Waals surface area contributed by atoms with Gasteiger partial charge in [-0.2, -0.15) is 0 Å². The van der Waals surface area contributed by atoms with Crippen LogP contribution in [0.4, 0.5) is 0 Å². The first-order valence-electron chi connectivity index (χ1n) is 9.17. The van der Waals surface area contributed by atoms with Gasteiger partial charge in [0.05, 0.1) is 18.9 Å². The van der Waals surface area contributed by atoms with Gasteiger partial charge >= 0.3 is 5.97 Å².